The second-order valence-corrected chi connectivity index (χ2v) is 7.26. The first kappa shape index (κ1) is 14.2. The van der Waals surface area contributed by atoms with Crippen molar-refractivity contribution in [1.82, 2.24) is 0 Å². The van der Waals surface area contributed by atoms with Crippen molar-refractivity contribution in [2.24, 2.45) is 0 Å². The van der Waals surface area contributed by atoms with Crippen LogP contribution in [0.4, 0.5) is 0 Å². The van der Waals surface area contributed by atoms with E-state index in [1.54, 1.807) is 40.2 Å². The molecule has 1 atom stereocenters. The van der Waals surface area contributed by atoms with Crippen molar-refractivity contribution in [3.05, 3.63) is 17.7 Å². The Morgan fingerprint density at radius 1 is 1.21 bits per heavy atom. The van der Waals surface area contributed by atoms with E-state index in [2.05, 4.69) is 0 Å². The van der Waals surface area contributed by atoms with Crippen LogP contribution < -0.4 is 14.2 Å². The molecule has 1 aromatic rings. The monoisotopic (exact) mass is 333 g/mol. The van der Waals surface area contributed by atoms with Gasteiger partial charge in [0.05, 0.1) is 0 Å². The zero-order valence-corrected chi connectivity index (χ0v) is 13.1. The normalized spacial score (nSPS) is 20.1. The van der Waals surface area contributed by atoms with Crippen molar-refractivity contribution in [1.29, 1.82) is 0 Å². The van der Waals surface area contributed by atoms with E-state index in [9.17, 15) is 7.67 Å². The second-order valence-electron chi connectivity index (χ2n) is 4.97. The van der Waals surface area contributed by atoms with Crippen molar-refractivity contribution in [2.75, 3.05) is 14.2 Å². The van der Waals surface area contributed by atoms with Crippen LogP contribution >= 0.6 is 0 Å². The number of rotatable bonds is 3. The average molecular weight is 332 g/mol. The van der Waals surface area contributed by atoms with Crippen molar-refractivity contribution in [3.63, 3.8) is 0 Å². The molecule has 5 nitrogen and oxygen atoms in total. The molecule has 0 fully saturated rings. The van der Waals surface area contributed by atoms with Crippen LogP contribution in [0.15, 0.2) is 12.1 Å². The van der Waals surface area contributed by atoms with Crippen LogP contribution in [-0.4, -0.2) is 33.6 Å². The Morgan fingerprint density at radius 3 is 2.32 bits per heavy atom. The quantitative estimate of drug-likeness (QED) is 0.794. The van der Waals surface area contributed by atoms with Crippen LogP contribution in [0.1, 0.15) is 19.4 Å². The number of benzene rings is 1. The van der Waals surface area contributed by atoms with Crippen molar-refractivity contribution in [2.45, 2.75) is 30.7 Å². The molecule has 1 aliphatic rings. The minimum atomic E-state index is -3.14. The SMILES string of the molecule is COc1cc2c(cc1OC)OC(C)(C)C([Se](=O)=O)C2. The number of hydrogen-bond donors (Lipinski definition) is 0. The Labute approximate surface area is 116 Å². The molecule has 1 aromatic carbocycles. The fraction of sp³-hybridized carbons (Fsp3) is 0.538. The molecule has 0 saturated carbocycles. The van der Waals surface area contributed by atoms with Crippen molar-refractivity contribution >= 4 is 13.8 Å². The molecule has 1 radical (unpaired) electrons. The molecule has 1 aliphatic heterocycles. The molecule has 6 heteroatoms. The van der Waals surface area contributed by atoms with Crippen LogP contribution in [-0.2, 0) is 14.1 Å². The van der Waals surface area contributed by atoms with Gasteiger partial charge in [-0.15, -0.1) is 0 Å². The van der Waals surface area contributed by atoms with Gasteiger partial charge >= 0.3 is 115 Å². The average Bonchev–Trinajstić information content (AvgIpc) is 2.35. The van der Waals surface area contributed by atoms with Gasteiger partial charge in [0.25, 0.3) is 0 Å². The van der Waals surface area contributed by atoms with Gasteiger partial charge in [0.15, 0.2) is 0 Å². The summed E-state index contributed by atoms with van der Waals surface area (Å²) >= 11 is -3.14. The number of fused-ring (bicyclic) bond motifs is 1. The number of methoxy groups -OCH3 is 2. The number of hydrogen-bond acceptors (Lipinski definition) is 5. The molecule has 1 unspecified atom stereocenters. The van der Waals surface area contributed by atoms with Crippen LogP contribution in [0.2, 0.25) is 4.82 Å². The molecule has 1 heterocycles. The van der Waals surface area contributed by atoms with Gasteiger partial charge in [0.2, 0.25) is 0 Å². The van der Waals surface area contributed by atoms with Crippen LogP contribution in [0.25, 0.3) is 0 Å². The Bertz CT molecular complexity index is 554. The minimum absolute atomic E-state index is 0.445. The first-order chi connectivity index (χ1) is 8.89. The van der Waals surface area contributed by atoms with Gasteiger partial charge in [0.1, 0.15) is 0 Å². The van der Waals surface area contributed by atoms with Crippen molar-refractivity contribution < 1.29 is 21.9 Å². The molecule has 0 aliphatic carbocycles. The van der Waals surface area contributed by atoms with Crippen LogP contribution in [0, 0.1) is 0 Å². The summed E-state index contributed by atoms with van der Waals surface area (Å²) in [6.45, 7) is 3.59. The fourth-order valence-corrected chi connectivity index (χ4v) is 3.99. The van der Waals surface area contributed by atoms with Crippen LogP contribution in [0.5, 0.6) is 17.2 Å². The van der Waals surface area contributed by atoms with E-state index in [1.807, 2.05) is 0 Å². The Hall–Kier alpha value is -1.26. The van der Waals surface area contributed by atoms with E-state index in [-0.39, 0.29) is 0 Å². The van der Waals surface area contributed by atoms with Crippen LogP contribution in [0.3, 0.4) is 0 Å². The van der Waals surface area contributed by atoms with Gasteiger partial charge in [-0.25, -0.2) is 0 Å². The molecule has 0 N–H and O–H groups in total. The standard InChI is InChI=1S/C13H17O5Se/c1-13(2)12(19(14)15)6-8-5-10(16-3)11(17-4)7-9(8)18-13/h5,7,12H,6H2,1-4H3. The molecular weight excluding hydrogens is 315 g/mol. The second kappa shape index (κ2) is 5.02. The van der Waals surface area contributed by atoms with Gasteiger partial charge in [-0.2, -0.15) is 0 Å². The third-order valence-corrected chi connectivity index (χ3v) is 5.87. The molecule has 0 saturated heterocycles. The molecular formula is C13H17O5Se. The van der Waals surface area contributed by atoms with E-state index in [1.165, 1.54) is 0 Å². The van der Waals surface area contributed by atoms with Gasteiger partial charge in [-0.3, -0.25) is 0 Å². The molecule has 0 aromatic heterocycles. The van der Waals surface area contributed by atoms with E-state index in [0.717, 1.165) is 5.56 Å². The molecule has 105 valence electrons. The van der Waals surface area contributed by atoms with E-state index in [4.69, 9.17) is 14.2 Å². The summed E-state index contributed by atoms with van der Waals surface area (Å²) in [6.07, 6.45) is 0.445. The molecule has 0 spiro atoms. The van der Waals surface area contributed by atoms with Gasteiger partial charge in [-0.05, 0) is 0 Å². The van der Waals surface area contributed by atoms with E-state index in [0.29, 0.717) is 23.7 Å². The summed E-state index contributed by atoms with van der Waals surface area (Å²) in [5.41, 5.74) is 0.114. The summed E-state index contributed by atoms with van der Waals surface area (Å²) in [6, 6.07) is 3.53. The van der Waals surface area contributed by atoms with Gasteiger partial charge in [-0.1, -0.05) is 0 Å². The fourth-order valence-electron chi connectivity index (χ4n) is 2.25. The first-order valence-corrected chi connectivity index (χ1v) is 8.29. The predicted molar refractivity (Wildman–Crippen MR) is 68.8 cm³/mol. The summed E-state index contributed by atoms with van der Waals surface area (Å²) in [7, 11) is 3.10. The van der Waals surface area contributed by atoms with Gasteiger partial charge in [0, 0.05) is 0 Å². The molecule has 2 rings (SSSR count). The first-order valence-electron chi connectivity index (χ1n) is 5.91. The Balaban J connectivity index is 2.50. The van der Waals surface area contributed by atoms with Gasteiger partial charge < -0.3 is 0 Å². The maximum absolute atomic E-state index is 11.4. The zero-order valence-electron chi connectivity index (χ0n) is 11.4. The third kappa shape index (κ3) is 2.55. The zero-order chi connectivity index (χ0) is 14.2. The predicted octanol–water partition coefficient (Wildman–Crippen LogP) is 2.14. The van der Waals surface area contributed by atoms with E-state index >= 15 is 0 Å². The summed E-state index contributed by atoms with van der Waals surface area (Å²) in [5.74, 6) is 1.81. The third-order valence-electron chi connectivity index (χ3n) is 3.35. The molecule has 19 heavy (non-hydrogen) atoms. The Morgan fingerprint density at radius 2 is 1.79 bits per heavy atom. The van der Waals surface area contributed by atoms with Crippen molar-refractivity contribution in [3.8, 4) is 17.2 Å². The summed E-state index contributed by atoms with van der Waals surface area (Å²) in [5, 5.41) is 0. The summed E-state index contributed by atoms with van der Waals surface area (Å²) in [4.78, 5) is -0.488. The summed E-state index contributed by atoms with van der Waals surface area (Å²) < 4.78 is 39.1. The molecule has 0 bridgehead atoms. The molecule has 0 amide bonds. The van der Waals surface area contributed by atoms with E-state index < -0.39 is 24.2 Å². The number of ether oxygens (including phenoxy) is 3. The topological polar surface area (TPSA) is 61.8 Å². The maximum atomic E-state index is 11.4. The Kier molecular flexibility index (Phi) is 3.74.